The lowest BCUT2D eigenvalue weighted by Crippen LogP contribution is -2.06. The monoisotopic (exact) mass is 310 g/mol. The van der Waals surface area contributed by atoms with Crippen molar-refractivity contribution >= 4 is 21.7 Å². The van der Waals surface area contributed by atoms with Crippen molar-refractivity contribution in [2.75, 3.05) is 0 Å². The lowest BCUT2D eigenvalue weighted by molar-refractivity contribution is 0.103. The van der Waals surface area contributed by atoms with E-state index < -0.39 is 17.4 Å². The molecule has 4 heteroatoms. The van der Waals surface area contributed by atoms with E-state index in [4.69, 9.17) is 0 Å². The molecule has 18 heavy (non-hydrogen) atoms. The molecular formula is C14H9BrF2O. The molecule has 2 rings (SSSR count). The zero-order valence-electron chi connectivity index (χ0n) is 9.51. The van der Waals surface area contributed by atoms with Crippen molar-refractivity contribution in [3.63, 3.8) is 0 Å². The summed E-state index contributed by atoms with van der Waals surface area (Å²) >= 11 is 3.18. The van der Waals surface area contributed by atoms with Crippen molar-refractivity contribution in [1.82, 2.24) is 0 Å². The van der Waals surface area contributed by atoms with E-state index in [2.05, 4.69) is 15.9 Å². The molecule has 0 unspecified atom stereocenters. The summed E-state index contributed by atoms with van der Waals surface area (Å²) in [4.78, 5) is 12.2. The molecule has 0 heterocycles. The summed E-state index contributed by atoms with van der Waals surface area (Å²) in [5.74, 6) is -1.66. The van der Waals surface area contributed by atoms with Crippen LogP contribution in [0.5, 0.6) is 0 Å². The number of halogens is 3. The molecule has 0 N–H and O–H groups in total. The second kappa shape index (κ2) is 4.98. The molecule has 0 radical (unpaired) electrons. The molecule has 0 spiro atoms. The molecule has 0 aliphatic rings. The lowest BCUT2D eigenvalue weighted by Gasteiger charge is -2.06. The molecule has 0 aliphatic carbocycles. The van der Waals surface area contributed by atoms with Gasteiger partial charge in [-0.25, -0.2) is 8.78 Å². The van der Waals surface area contributed by atoms with E-state index in [9.17, 15) is 13.6 Å². The Morgan fingerprint density at radius 3 is 2.50 bits per heavy atom. The van der Waals surface area contributed by atoms with Crippen molar-refractivity contribution in [3.8, 4) is 0 Å². The summed E-state index contributed by atoms with van der Waals surface area (Å²) in [6.07, 6.45) is 0. The Kier molecular flexibility index (Phi) is 3.57. The van der Waals surface area contributed by atoms with Crippen LogP contribution in [0.2, 0.25) is 0 Å². The fourth-order valence-electron chi connectivity index (χ4n) is 1.66. The van der Waals surface area contributed by atoms with Gasteiger partial charge in [0.05, 0.1) is 5.56 Å². The minimum absolute atomic E-state index is 0.0712. The summed E-state index contributed by atoms with van der Waals surface area (Å²) in [5.41, 5.74) is 0.714. The predicted octanol–water partition coefficient (Wildman–Crippen LogP) is 4.27. The molecule has 0 amide bonds. The van der Waals surface area contributed by atoms with Crippen LogP contribution in [0.1, 0.15) is 21.5 Å². The van der Waals surface area contributed by atoms with Crippen LogP contribution in [0.15, 0.2) is 40.9 Å². The van der Waals surface area contributed by atoms with Crippen molar-refractivity contribution in [3.05, 3.63) is 69.2 Å². The molecule has 2 aromatic rings. The molecule has 0 aromatic heterocycles. The van der Waals surface area contributed by atoms with Crippen LogP contribution in [0.3, 0.4) is 0 Å². The van der Waals surface area contributed by atoms with Crippen LogP contribution in [0, 0.1) is 18.6 Å². The third-order valence-electron chi connectivity index (χ3n) is 2.62. The zero-order valence-corrected chi connectivity index (χ0v) is 11.1. The molecule has 0 atom stereocenters. The van der Waals surface area contributed by atoms with Crippen molar-refractivity contribution in [1.29, 1.82) is 0 Å². The van der Waals surface area contributed by atoms with Gasteiger partial charge in [-0.2, -0.15) is 0 Å². The summed E-state index contributed by atoms with van der Waals surface area (Å²) in [6.45, 7) is 1.68. The number of hydrogen-bond acceptors (Lipinski definition) is 1. The van der Waals surface area contributed by atoms with Gasteiger partial charge in [-0.05, 0) is 42.8 Å². The highest BCUT2D eigenvalue weighted by Crippen LogP contribution is 2.21. The quantitative estimate of drug-likeness (QED) is 0.757. The van der Waals surface area contributed by atoms with Crippen LogP contribution in [-0.4, -0.2) is 5.78 Å². The van der Waals surface area contributed by atoms with E-state index in [1.807, 2.05) is 0 Å². The second-order valence-corrected chi connectivity index (χ2v) is 4.83. The number of carbonyl (C=O) groups is 1. The largest absolute Gasteiger partial charge is 0.288 e. The van der Waals surface area contributed by atoms with E-state index in [-0.39, 0.29) is 11.1 Å². The molecule has 0 saturated heterocycles. The first kappa shape index (κ1) is 12.9. The Hall–Kier alpha value is -1.55. The maximum absolute atomic E-state index is 13.6. The highest BCUT2D eigenvalue weighted by molar-refractivity contribution is 9.10. The molecule has 0 aliphatic heterocycles. The molecule has 1 nitrogen and oxygen atoms in total. The van der Waals surface area contributed by atoms with Gasteiger partial charge in [-0.15, -0.1) is 0 Å². The minimum atomic E-state index is -0.619. The van der Waals surface area contributed by atoms with E-state index in [1.165, 1.54) is 30.3 Å². The van der Waals surface area contributed by atoms with E-state index in [0.717, 1.165) is 6.07 Å². The molecule has 2 aromatic carbocycles. The fourth-order valence-corrected chi connectivity index (χ4v) is 2.02. The van der Waals surface area contributed by atoms with Crippen LogP contribution in [0.4, 0.5) is 8.78 Å². The lowest BCUT2D eigenvalue weighted by atomic mass is 9.99. The minimum Gasteiger partial charge on any atom is -0.288 e. The first-order valence-electron chi connectivity index (χ1n) is 5.25. The van der Waals surface area contributed by atoms with E-state index in [0.29, 0.717) is 10.0 Å². The van der Waals surface area contributed by atoms with Gasteiger partial charge < -0.3 is 0 Å². The summed E-state index contributed by atoms with van der Waals surface area (Å²) in [6, 6.07) is 7.98. The number of hydrogen-bond donors (Lipinski definition) is 0. The molecule has 0 saturated carbocycles. The second-order valence-electron chi connectivity index (χ2n) is 3.91. The third-order valence-corrected chi connectivity index (χ3v) is 3.11. The Labute approximate surface area is 112 Å². The molecule has 92 valence electrons. The van der Waals surface area contributed by atoms with Gasteiger partial charge in [0.1, 0.15) is 11.6 Å². The smallest absolute Gasteiger partial charge is 0.196 e. The molecule has 0 bridgehead atoms. The number of ketones is 1. The highest BCUT2D eigenvalue weighted by Gasteiger charge is 2.16. The number of benzene rings is 2. The Morgan fingerprint density at radius 2 is 1.78 bits per heavy atom. The molecule has 0 fully saturated rings. The van der Waals surface area contributed by atoms with Gasteiger partial charge in [0.15, 0.2) is 5.78 Å². The van der Waals surface area contributed by atoms with Crippen LogP contribution in [-0.2, 0) is 0 Å². The Morgan fingerprint density at radius 1 is 1.06 bits per heavy atom. The van der Waals surface area contributed by atoms with E-state index >= 15 is 0 Å². The summed E-state index contributed by atoms with van der Waals surface area (Å²) in [7, 11) is 0. The third kappa shape index (κ3) is 2.48. The zero-order chi connectivity index (χ0) is 13.3. The summed E-state index contributed by atoms with van der Waals surface area (Å²) in [5, 5.41) is 0. The normalized spacial score (nSPS) is 10.4. The number of aryl methyl sites for hydroxylation is 1. The number of rotatable bonds is 2. The highest BCUT2D eigenvalue weighted by atomic mass is 79.9. The first-order chi connectivity index (χ1) is 8.49. The Balaban J connectivity index is 2.54. The Bertz CT molecular complexity index is 570. The SMILES string of the molecule is Cc1ccc(F)cc1C(=O)c1cc(Br)ccc1F. The maximum Gasteiger partial charge on any atom is 0.196 e. The van der Waals surface area contributed by atoms with Gasteiger partial charge in [0.2, 0.25) is 0 Å². The average molecular weight is 311 g/mol. The van der Waals surface area contributed by atoms with Crippen molar-refractivity contribution in [2.24, 2.45) is 0 Å². The fraction of sp³-hybridized carbons (Fsp3) is 0.0714. The van der Waals surface area contributed by atoms with Crippen LogP contribution in [0.25, 0.3) is 0 Å². The van der Waals surface area contributed by atoms with Gasteiger partial charge in [-0.3, -0.25) is 4.79 Å². The van der Waals surface area contributed by atoms with Gasteiger partial charge in [0, 0.05) is 10.0 Å². The summed E-state index contributed by atoms with van der Waals surface area (Å²) < 4.78 is 27.3. The van der Waals surface area contributed by atoms with Crippen molar-refractivity contribution < 1.29 is 13.6 Å². The van der Waals surface area contributed by atoms with Gasteiger partial charge in [0.25, 0.3) is 0 Å². The molecular weight excluding hydrogens is 302 g/mol. The first-order valence-corrected chi connectivity index (χ1v) is 6.04. The van der Waals surface area contributed by atoms with Gasteiger partial charge in [-0.1, -0.05) is 22.0 Å². The van der Waals surface area contributed by atoms with E-state index in [1.54, 1.807) is 6.92 Å². The predicted molar refractivity (Wildman–Crippen MR) is 68.7 cm³/mol. The van der Waals surface area contributed by atoms with Crippen LogP contribution < -0.4 is 0 Å². The van der Waals surface area contributed by atoms with Gasteiger partial charge >= 0.3 is 0 Å². The maximum atomic E-state index is 13.6. The number of carbonyl (C=O) groups excluding carboxylic acids is 1. The van der Waals surface area contributed by atoms with Crippen LogP contribution >= 0.6 is 15.9 Å². The van der Waals surface area contributed by atoms with Crippen molar-refractivity contribution in [2.45, 2.75) is 6.92 Å². The average Bonchev–Trinajstić information content (AvgIpc) is 2.34. The topological polar surface area (TPSA) is 17.1 Å². The standard InChI is InChI=1S/C14H9BrF2O/c1-8-2-4-10(16)7-11(8)14(18)12-6-9(15)3-5-13(12)17/h2-7H,1H3.